The molecule has 5 heterocycles. The normalized spacial score (nSPS) is 19.7. The highest BCUT2D eigenvalue weighted by Gasteiger charge is 2.25. The van der Waals surface area contributed by atoms with Crippen LogP contribution >= 0.6 is 0 Å². The van der Waals surface area contributed by atoms with Crippen molar-refractivity contribution in [2.75, 3.05) is 37.7 Å². The maximum Gasteiger partial charge on any atom is 0.225 e. The third-order valence-electron chi connectivity index (χ3n) is 6.80. The topological polar surface area (TPSA) is 119 Å². The minimum Gasteiger partial charge on any atom is -0.373 e. The molecule has 11 heteroatoms. The molecule has 38 heavy (non-hydrogen) atoms. The van der Waals surface area contributed by atoms with Gasteiger partial charge in [-0.1, -0.05) is 18.1 Å². The number of nitrogens with one attached hydrogen (secondary N) is 1. The van der Waals surface area contributed by atoms with Crippen LogP contribution in [-0.2, 0) is 11.3 Å². The Morgan fingerprint density at radius 1 is 1.18 bits per heavy atom. The summed E-state index contributed by atoms with van der Waals surface area (Å²) in [6, 6.07) is 0.181. The lowest BCUT2D eigenvalue weighted by atomic mass is 9.92. The molecule has 2 saturated heterocycles. The van der Waals surface area contributed by atoms with Crippen molar-refractivity contribution >= 4 is 23.5 Å². The molecule has 2 aliphatic heterocycles. The second-order valence-corrected chi connectivity index (χ2v) is 10.0. The standard InChI is InChI=1S/C27H36N10O/c1-4-5-6-21(13-29-19(2)3)24-16-30-25-26(33-24)37(35-34-25)18-23-17-36(11-12-38-23)27-31-14-22(15-32-27)20-7-9-28-10-8-20/h13-16,19-21,23,28H,4,7-12,17-18H2,1-3H3/t21?,23-/m0/s1. The summed E-state index contributed by atoms with van der Waals surface area (Å²) in [5, 5.41) is 12.0. The van der Waals surface area contributed by atoms with Gasteiger partial charge in [-0.05, 0) is 51.3 Å². The van der Waals surface area contributed by atoms with E-state index in [0.717, 1.165) is 50.5 Å². The molecule has 0 saturated carbocycles. The Morgan fingerprint density at radius 3 is 2.76 bits per heavy atom. The number of hydrogen-bond donors (Lipinski definition) is 1. The van der Waals surface area contributed by atoms with E-state index in [1.807, 2.05) is 39.4 Å². The molecule has 5 rings (SSSR count). The van der Waals surface area contributed by atoms with Crippen LogP contribution in [0.25, 0.3) is 11.3 Å². The molecule has 2 fully saturated rings. The van der Waals surface area contributed by atoms with E-state index in [2.05, 4.69) is 42.3 Å². The molecular weight excluding hydrogens is 480 g/mol. The van der Waals surface area contributed by atoms with Crippen LogP contribution in [0.15, 0.2) is 23.6 Å². The molecule has 0 spiro atoms. The van der Waals surface area contributed by atoms with Crippen LogP contribution in [0, 0.1) is 11.8 Å². The third-order valence-corrected chi connectivity index (χ3v) is 6.80. The van der Waals surface area contributed by atoms with Gasteiger partial charge in [-0.25, -0.2) is 24.6 Å². The molecule has 3 aromatic rings. The first-order valence-electron chi connectivity index (χ1n) is 13.6. The Kier molecular flexibility index (Phi) is 8.51. The maximum atomic E-state index is 6.08. The number of morpholine rings is 1. The Hall–Kier alpha value is -3.49. The molecule has 3 aromatic heterocycles. The molecular formula is C27H36N10O. The summed E-state index contributed by atoms with van der Waals surface area (Å²) in [6.45, 7) is 10.7. The lowest BCUT2D eigenvalue weighted by molar-refractivity contribution is 0.0272. The Balaban J connectivity index is 1.29. The molecule has 11 nitrogen and oxygen atoms in total. The maximum absolute atomic E-state index is 6.08. The van der Waals surface area contributed by atoms with E-state index in [9.17, 15) is 0 Å². The van der Waals surface area contributed by atoms with Gasteiger partial charge in [-0.15, -0.1) is 11.0 Å². The number of fused-ring (bicyclic) bond motifs is 1. The van der Waals surface area contributed by atoms with Gasteiger partial charge in [0.1, 0.15) is 0 Å². The van der Waals surface area contributed by atoms with Crippen molar-refractivity contribution < 1.29 is 4.74 Å². The number of anilines is 1. The number of nitrogens with zero attached hydrogens (tertiary/aromatic N) is 9. The third kappa shape index (κ3) is 6.31. The van der Waals surface area contributed by atoms with E-state index in [4.69, 9.17) is 19.7 Å². The predicted octanol–water partition coefficient (Wildman–Crippen LogP) is 2.36. The summed E-state index contributed by atoms with van der Waals surface area (Å²) in [6.07, 6.45) is 10.5. The second-order valence-electron chi connectivity index (χ2n) is 10.0. The van der Waals surface area contributed by atoms with Gasteiger partial charge in [-0.2, -0.15) is 0 Å². The van der Waals surface area contributed by atoms with Gasteiger partial charge in [-0.3, -0.25) is 4.99 Å². The number of piperidine rings is 1. The summed E-state index contributed by atoms with van der Waals surface area (Å²) in [5.41, 5.74) is 3.08. The summed E-state index contributed by atoms with van der Waals surface area (Å²) < 4.78 is 7.85. The molecule has 0 bridgehead atoms. The van der Waals surface area contributed by atoms with E-state index in [1.54, 1.807) is 10.9 Å². The van der Waals surface area contributed by atoms with E-state index in [1.165, 1.54) is 5.56 Å². The van der Waals surface area contributed by atoms with Gasteiger partial charge < -0.3 is 15.0 Å². The average Bonchev–Trinajstić information content (AvgIpc) is 3.35. The fourth-order valence-corrected chi connectivity index (χ4v) is 4.76. The van der Waals surface area contributed by atoms with Crippen LogP contribution in [0.2, 0.25) is 0 Å². The van der Waals surface area contributed by atoms with Gasteiger partial charge in [0.25, 0.3) is 0 Å². The van der Waals surface area contributed by atoms with Crippen molar-refractivity contribution in [3.63, 3.8) is 0 Å². The highest BCUT2D eigenvalue weighted by Crippen LogP contribution is 2.25. The quantitative estimate of drug-likeness (QED) is 0.373. The van der Waals surface area contributed by atoms with Gasteiger partial charge in [0.2, 0.25) is 11.6 Å². The molecule has 2 atom stereocenters. The Morgan fingerprint density at radius 2 is 2.00 bits per heavy atom. The molecule has 0 aliphatic carbocycles. The molecule has 1 unspecified atom stereocenters. The average molecular weight is 517 g/mol. The largest absolute Gasteiger partial charge is 0.373 e. The smallest absolute Gasteiger partial charge is 0.225 e. The lowest BCUT2D eigenvalue weighted by Crippen LogP contribution is -2.45. The van der Waals surface area contributed by atoms with Crippen LogP contribution in [-0.4, -0.2) is 86.1 Å². The summed E-state index contributed by atoms with van der Waals surface area (Å²) in [7, 11) is 0. The van der Waals surface area contributed by atoms with E-state index < -0.39 is 0 Å². The SMILES string of the molecule is CCC#CC(C=NC(C)C)c1cnc2nnn(C[C@@H]3CN(c4ncc(C5CCNCC5)cn4)CCO3)c2n1. The van der Waals surface area contributed by atoms with Crippen LogP contribution in [0.5, 0.6) is 0 Å². The fourth-order valence-electron chi connectivity index (χ4n) is 4.76. The van der Waals surface area contributed by atoms with Crippen LogP contribution < -0.4 is 10.2 Å². The van der Waals surface area contributed by atoms with Crippen LogP contribution in [0.4, 0.5) is 5.95 Å². The molecule has 2 aliphatic rings. The number of aromatic nitrogens is 7. The molecule has 0 radical (unpaired) electrons. The first kappa shape index (κ1) is 26.1. The number of rotatable bonds is 7. The summed E-state index contributed by atoms with van der Waals surface area (Å²) >= 11 is 0. The van der Waals surface area contributed by atoms with Gasteiger partial charge >= 0.3 is 0 Å². The zero-order chi connectivity index (χ0) is 26.3. The fraction of sp³-hybridized carbons (Fsp3) is 0.593. The monoisotopic (exact) mass is 516 g/mol. The van der Waals surface area contributed by atoms with Crippen LogP contribution in [0.3, 0.4) is 0 Å². The van der Waals surface area contributed by atoms with E-state index in [0.29, 0.717) is 36.9 Å². The Labute approximate surface area is 223 Å². The van der Waals surface area contributed by atoms with Gasteiger partial charge in [0.15, 0.2) is 5.65 Å². The minimum absolute atomic E-state index is 0.106. The van der Waals surface area contributed by atoms with Crippen molar-refractivity contribution in [1.29, 1.82) is 0 Å². The molecule has 1 N–H and O–H groups in total. The number of hydrogen-bond acceptors (Lipinski definition) is 10. The van der Waals surface area contributed by atoms with Crippen molar-refractivity contribution in [1.82, 2.24) is 40.2 Å². The second kappa shape index (κ2) is 12.4. The van der Waals surface area contributed by atoms with E-state index >= 15 is 0 Å². The van der Waals surface area contributed by atoms with Crippen molar-refractivity contribution in [3.8, 4) is 11.8 Å². The molecule has 0 amide bonds. The first-order chi connectivity index (χ1) is 18.6. The minimum atomic E-state index is -0.232. The number of aliphatic imine (C=N–C) groups is 1. The van der Waals surface area contributed by atoms with Gasteiger partial charge in [0.05, 0.1) is 37.1 Å². The lowest BCUT2D eigenvalue weighted by Gasteiger charge is -2.33. The van der Waals surface area contributed by atoms with Crippen LogP contribution in [0.1, 0.15) is 63.1 Å². The zero-order valence-corrected chi connectivity index (χ0v) is 22.4. The highest BCUT2D eigenvalue weighted by molar-refractivity contribution is 5.73. The molecule has 200 valence electrons. The van der Waals surface area contributed by atoms with Crippen molar-refractivity contribution in [3.05, 3.63) is 29.8 Å². The zero-order valence-electron chi connectivity index (χ0n) is 22.4. The number of ether oxygens (including phenoxy) is 1. The highest BCUT2D eigenvalue weighted by atomic mass is 16.5. The van der Waals surface area contributed by atoms with Gasteiger partial charge in [0, 0.05) is 44.2 Å². The van der Waals surface area contributed by atoms with Crippen molar-refractivity contribution in [2.45, 2.75) is 70.6 Å². The van der Waals surface area contributed by atoms with Crippen molar-refractivity contribution in [2.24, 2.45) is 4.99 Å². The summed E-state index contributed by atoms with van der Waals surface area (Å²) in [5.74, 6) is 7.44. The van der Waals surface area contributed by atoms with E-state index in [-0.39, 0.29) is 18.1 Å². The first-order valence-corrected chi connectivity index (χ1v) is 13.6. The summed E-state index contributed by atoms with van der Waals surface area (Å²) in [4.78, 5) is 25.5. The molecule has 0 aromatic carbocycles. The Bertz CT molecular complexity index is 1290. The predicted molar refractivity (Wildman–Crippen MR) is 146 cm³/mol.